The number of aryl methyl sites for hydroxylation is 1. The Hall–Kier alpha value is -1.49. The second-order valence-corrected chi connectivity index (χ2v) is 4.65. The van der Waals surface area contributed by atoms with E-state index in [4.69, 9.17) is 0 Å². The van der Waals surface area contributed by atoms with Crippen molar-refractivity contribution in [2.45, 2.75) is 32.9 Å². The molecule has 1 aromatic carbocycles. The lowest BCUT2D eigenvalue weighted by atomic mass is 10.1. The molecule has 0 fully saturated rings. The Bertz CT molecular complexity index is 528. The maximum Gasteiger partial charge on any atom is 0.128 e. The molecule has 0 saturated carbocycles. The number of hydrogen-bond donors (Lipinski definition) is 1. The summed E-state index contributed by atoms with van der Waals surface area (Å²) in [6, 6.07) is 3.05. The minimum Gasteiger partial charge on any atom is -0.389 e. The van der Waals surface area contributed by atoms with Crippen molar-refractivity contribution in [2.24, 2.45) is 0 Å². The Kier molecular flexibility index (Phi) is 2.42. The topological polar surface area (TPSA) is 50.9 Å². The molecule has 86 valence electrons. The zero-order chi connectivity index (χ0) is 11.9. The van der Waals surface area contributed by atoms with E-state index in [1.165, 1.54) is 10.7 Å². The van der Waals surface area contributed by atoms with E-state index in [1.54, 1.807) is 26.8 Å². The predicted molar refractivity (Wildman–Crippen MR) is 58.5 cm³/mol. The van der Waals surface area contributed by atoms with Gasteiger partial charge in [-0.2, -0.15) is 0 Å². The van der Waals surface area contributed by atoms with E-state index in [9.17, 15) is 9.50 Å². The molecular weight excluding hydrogens is 209 g/mol. The second kappa shape index (κ2) is 3.52. The quantitative estimate of drug-likeness (QED) is 0.842. The largest absolute Gasteiger partial charge is 0.389 e. The van der Waals surface area contributed by atoms with Gasteiger partial charge < -0.3 is 5.11 Å². The van der Waals surface area contributed by atoms with Gasteiger partial charge in [0.1, 0.15) is 11.3 Å². The summed E-state index contributed by atoms with van der Waals surface area (Å²) in [5, 5.41) is 17.5. The van der Waals surface area contributed by atoms with Crippen molar-refractivity contribution in [3.8, 4) is 0 Å². The monoisotopic (exact) mass is 223 g/mol. The number of halogens is 1. The van der Waals surface area contributed by atoms with Crippen LogP contribution in [0.1, 0.15) is 19.4 Å². The Morgan fingerprint density at radius 2 is 2.12 bits per heavy atom. The van der Waals surface area contributed by atoms with Crippen LogP contribution in [0, 0.1) is 12.7 Å². The molecule has 4 nitrogen and oxygen atoms in total. The first kappa shape index (κ1) is 11.0. The zero-order valence-electron chi connectivity index (χ0n) is 9.53. The molecule has 0 radical (unpaired) electrons. The summed E-state index contributed by atoms with van der Waals surface area (Å²) in [6.07, 6.45) is 0. The molecule has 0 aliphatic heterocycles. The fourth-order valence-corrected chi connectivity index (χ4v) is 1.58. The molecule has 1 heterocycles. The molecule has 0 aliphatic carbocycles. The van der Waals surface area contributed by atoms with Gasteiger partial charge in [-0.05, 0) is 32.4 Å². The minimum absolute atomic E-state index is 0.284. The lowest BCUT2D eigenvalue weighted by Gasteiger charge is -2.16. The first-order valence-corrected chi connectivity index (χ1v) is 5.08. The van der Waals surface area contributed by atoms with Crippen molar-refractivity contribution >= 4 is 11.0 Å². The molecule has 16 heavy (non-hydrogen) atoms. The standard InChI is InChI=1S/C11H14FN3O/c1-7-4-9-10(5-8(7)12)15(14-13-9)6-11(2,3)16/h4-5,16H,6H2,1-3H3. The van der Waals surface area contributed by atoms with Crippen LogP contribution < -0.4 is 0 Å². The molecule has 1 N–H and O–H groups in total. The zero-order valence-corrected chi connectivity index (χ0v) is 9.53. The first-order valence-electron chi connectivity index (χ1n) is 5.08. The molecular formula is C11H14FN3O. The number of fused-ring (bicyclic) bond motifs is 1. The molecule has 2 aromatic rings. The molecule has 0 unspecified atom stereocenters. The third-order valence-electron chi connectivity index (χ3n) is 2.33. The van der Waals surface area contributed by atoms with Gasteiger partial charge >= 0.3 is 0 Å². The molecule has 1 aromatic heterocycles. The number of benzene rings is 1. The summed E-state index contributed by atoms with van der Waals surface area (Å²) in [7, 11) is 0. The van der Waals surface area contributed by atoms with Crippen LogP contribution in [0.3, 0.4) is 0 Å². The van der Waals surface area contributed by atoms with Crippen molar-refractivity contribution in [2.75, 3.05) is 0 Å². The summed E-state index contributed by atoms with van der Waals surface area (Å²) in [5.41, 5.74) is 0.887. The average molecular weight is 223 g/mol. The van der Waals surface area contributed by atoms with Gasteiger partial charge in [-0.1, -0.05) is 5.21 Å². The number of aliphatic hydroxyl groups is 1. The van der Waals surface area contributed by atoms with E-state index in [-0.39, 0.29) is 12.4 Å². The first-order chi connectivity index (χ1) is 7.37. The van der Waals surface area contributed by atoms with E-state index in [2.05, 4.69) is 10.3 Å². The highest BCUT2D eigenvalue weighted by molar-refractivity contribution is 5.75. The molecule has 2 rings (SSSR count). The van der Waals surface area contributed by atoms with Gasteiger partial charge in [0.2, 0.25) is 0 Å². The molecule has 0 saturated heterocycles. The SMILES string of the molecule is Cc1cc2nnn(CC(C)(C)O)c2cc1F. The molecule has 0 amide bonds. The van der Waals surface area contributed by atoms with Gasteiger partial charge in [0, 0.05) is 6.07 Å². The van der Waals surface area contributed by atoms with Crippen LogP contribution in [0.25, 0.3) is 11.0 Å². The lowest BCUT2D eigenvalue weighted by Crippen LogP contribution is -2.26. The van der Waals surface area contributed by atoms with Crippen molar-refractivity contribution in [3.63, 3.8) is 0 Å². The predicted octanol–water partition coefficient (Wildman–Crippen LogP) is 1.65. The van der Waals surface area contributed by atoms with E-state index < -0.39 is 5.60 Å². The Morgan fingerprint density at radius 3 is 2.75 bits per heavy atom. The van der Waals surface area contributed by atoms with Gasteiger partial charge in [-0.15, -0.1) is 5.10 Å². The molecule has 0 spiro atoms. The maximum absolute atomic E-state index is 13.4. The third-order valence-corrected chi connectivity index (χ3v) is 2.33. The third kappa shape index (κ3) is 2.04. The van der Waals surface area contributed by atoms with Crippen LogP contribution in [0.15, 0.2) is 12.1 Å². The minimum atomic E-state index is -0.901. The van der Waals surface area contributed by atoms with E-state index in [1.807, 2.05) is 0 Å². The van der Waals surface area contributed by atoms with Crippen LogP contribution in [-0.2, 0) is 6.54 Å². The van der Waals surface area contributed by atoms with Gasteiger partial charge in [0.15, 0.2) is 0 Å². The van der Waals surface area contributed by atoms with E-state index >= 15 is 0 Å². The normalized spacial score (nSPS) is 12.3. The molecule has 0 aliphatic rings. The van der Waals surface area contributed by atoms with Crippen LogP contribution >= 0.6 is 0 Å². The maximum atomic E-state index is 13.4. The van der Waals surface area contributed by atoms with Crippen LogP contribution in [0.5, 0.6) is 0 Å². The number of nitrogens with zero attached hydrogens (tertiary/aromatic N) is 3. The van der Waals surface area contributed by atoms with E-state index in [0.29, 0.717) is 16.6 Å². The summed E-state index contributed by atoms with van der Waals surface area (Å²) >= 11 is 0. The summed E-state index contributed by atoms with van der Waals surface area (Å²) in [6.45, 7) is 5.31. The van der Waals surface area contributed by atoms with Crippen molar-refractivity contribution in [1.82, 2.24) is 15.0 Å². The Balaban J connectivity index is 2.52. The summed E-state index contributed by atoms with van der Waals surface area (Å²) in [5.74, 6) is -0.285. The smallest absolute Gasteiger partial charge is 0.128 e. The van der Waals surface area contributed by atoms with Crippen molar-refractivity contribution in [1.29, 1.82) is 0 Å². The molecule has 0 atom stereocenters. The summed E-state index contributed by atoms with van der Waals surface area (Å²) in [4.78, 5) is 0. The fraction of sp³-hybridized carbons (Fsp3) is 0.455. The van der Waals surface area contributed by atoms with Crippen molar-refractivity contribution in [3.05, 3.63) is 23.5 Å². The highest BCUT2D eigenvalue weighted by Crippen LogP contribution is 2.18. The van der Waals surface area contributed by atoms with Gasteiger partial charge in [0.25, 0.3) is 0 Å². The highest BCUT2D eigenvalue weighted by Gasteiger charge is 2.17. The van der Waals surface area contributed by atoms with Crippen LogP contribution in [0.2, 0.25) is 0 Å². The van der Waals surface area contributed by atoms with E-state index in [0.717, 1.165) is 0 Å². The van der Waals surface area contributed by atoms with Crippen molar-refractivity contribution < 1.29 is 9.50 Å². The van der Waals surface area contributed by atoms with Crippen LogP contribution in [-0.4, -0.2) is 25.7 Å². The Labute approximate surface area is 92.7 Å². The number of rotatable bonds is 2. The second-order valence-electron chi connectivity index (χ2n) is 4.65. The molecule has 5 heteroatoms. The summed E-state index contributed by atoms with van der Waals surface area (Å²) < 4.78 is 14.9. The number of hydrogen-bond acceptors (Lipinski definition) is 3. The van der Waals surface area contributed by atoms with Gasteiger partial charge in [-0.25, -0.2) is 9.07 Å². The lowest BCUT2D eigenvalue weighted by molar-refractivity contribution is 0.0585. The highest BCUT2D eigenvalue weighted by atomic mass is 19.1. The average Bonchev–Trinajstić information content (AvgIpc) is 2.47. The Morgan fingerprint density at radius 1 is 1.44 bits per heavy atom. The fourth-order valence-electron chi connectivity index (χ4n) is 1.58. The van der Waals surface area contributed by atoms with Gasteiger partial charge in [0.05, 0.1) is 17.7 Å². The molecule has 0 bridgehead atoms. The van der Waals surface area contributed by atoms with Crippen LogP contribution in [0.4, 0.5) is 4.39 Å². The number of aromatic nitrogens is 3. The van der Waals surface area contributed by atoms with Gasteiger partial charge in [-0.3, -0.25) is 0 Å².